The van der Waals surface area contributed by atoms with Gasteiger partial charge in [-0.05, 0) is 25.0 Å². The van der Waals surface area contributed by atoms with Crippen LogP contribution in [0.4, 0.5) is 0 Å². The number of hydrogen-bond donors (Lipinski definition) is 1. The van der Waals surface area contributed by atoms with Crippen molar-refractivity contribution >= 4 is 17.5 Å². The van der Waals surface area contributed by atoms with Gasteiger partial charge in [0.1, 0.15) is 17.9 Å². The molecule has 3 rings (SSSR count). The van der Waals surface area contributed by atoms with Gasteiger partial charge in [-0.2, -0.15) is 5.10 Å². The summed E-state index contributed by atoms with van der Waals surface area (Å²) in [6, 6.07) is 7.48. The van der Waals surface area contributed by atoms with Gasteiger partial charge in [-0.25, -0.2) is 0 Å². The first-order valence-corrected chi connectivity index (χ1v) is 8.73. The van der Waals surface area contributed by atoms with Crippen LogP contribution in [0.1, 0.15) is 29.9 Å². The molecule has 1 aliphatic rings. The highest BCUT2D eigenvalue weighted by Gasteiger charge is 2.24. The van der Waals surface area contributed by atoms with Crippen LogP contribution in [-0.2, 0) is 6.54 Å². The average molecular weight is 364 g/mol. The van der Waals surface area contributed by atoms with Crippen LogP contribution in [0.2, 0.25) is 5.15 Å². The molecule has 6 nitrogen and oxygen atoms in total. The molecule has 0 bridgehead atoms. The largest absolute Gasteiger partial charge is 0.486 e. The Morgan fingerprint density at radius 3 is 2.84 bits per heavy atom. The quantitative estimate of drug-likeness (QED) is 0.886. The normalized spacial score (nSPS) is 16.1. The third-order valence-electron chi connectivity index (χ3n) is 3.89. The number of nitrogens with one attached hydrogen (secondary N) is 1. The first kappa shape index (κ1) is 17.6. The number of carbonyl (C=O) groups excluding carboxylic acids is 1. The second-order valence-corrected chi connectivity index (χ2v) is 6.89. The molecular weight excluding hydrogens is 342 g/mol. The summed E-state index contributed by atoms with van der Waals surface area (Å²) in [5.74, 6) is 1.55. The second kappa shape index (κ2) is 7.35. The molecule has 7 heteroatoms. The van der Waals surface area contributed by atoms with Crippen molar-refractivity contribution in [2.75, 3.05) is 13.2 Å². The van der Waals surface area contributed by atoms with E-state index in [4.69, 9.17) is 21.1 Å². The minimum Gasteiger partial charge on any atom is -0.486 e. The molecule has 1 atom stereocenters. The number of nitrogens with zero attached hydrogens (tertiary/aromatic N) is 2. The van der Waals surface area contributed by atoms with Crippen LogP contribution in [0, 0.1) is 12.8 Å². The van der Waals surface area contributed by atoms with Crippen LogP contribution in [0.15, 0.2) is 24.3 Å². The van der Waals surface area contributed by atoms with Gasteiger partial charge in [0, 0.05) is 6.54 Å². The lowest BCUT2D eigenvalue weighted by Gasteiger charge is -2.26. The number of aryl methyl sites for hydroxylation is 1. The lowest BCUT2D eigenvalue weighted by Crippen LogP contribution is -2.40. The van der Waals surface area contributed by atoms with Crippen LogP contribution in [-0.4, -0.2) is 34.9 Å². The van der Waals surface area contributed by atoms with E-state index in [0.29, 0.717) is 47.8 Å². The Labute approximate surface area is 152 Å². The molecule has 1 amide bonds. The van der Waals surface area contributed by atoms with E-state index in [-0.39, 0.29) is 12.0 Å². The third-order valence-corrected chi connectivity index (χ3v) is 4.27. The zero-order chi connectivity index (χ0) is 18.0. The Kier molecular flexibility index (Phi) is 5.18. The molecule has 2 aromatic rings. The van der Waals surface area contributed by atoms with Crippen molar-refractivity contribution in [3.05, 3.63) is 40.7 Å². The summed E-state index contributed by atoms with van der Waals surface area (Å²) in [4.78, 5) is 12.5. The van der Waals surface area contributed by atoms with Gasteiger partial charge < -0.3 is 14.8 Å². The number of amides is 1. The predicted octanol–water partition coefficient (Wildman–Crippen LogP) is 3.07. The van der Waals surface area contributed by atoms with E-state index >= 15 is 0 Å². The van der Waals surface area contributed by atoms with Crippen LogP contribution < -0.4 is 14.8 Å². The molecular formula is C18H22ClN3O3. The molecule has 1 aromatic carbocycles. The number of carbonyl (C=O) groups is 1. The zero-order valence-corrected chi connectivity index (χ0v) is 15.3. The van der Waals surface area contributed by atoms with Gasteiger partial charge in [-0.3, -0.25) is 9.48 Å². The van der Waals surface area contributed by atoms with Gasteiger partial charge in [0.05, 0.1) is 17.8 Å². The van der Waals surface area contributed by atoms with Crippen LogP contribution in [0.25, 0.3) is 0 Å². The Morgan fingerprint density at radius 2 is 2.12 bits per heavy atom. The van der Waals surface area contributed by atoms with Crippen molar-refractivity contribution in [3.63, 3.8) is 0 Å². The maximum absolute atomic E-state index is 12.5. The highest BCUT2D eigenvalue weighted by Crippen LogP contribution is 2.30. The van der Waals surface area contributed by atoms with Gasteiger partial charge in [-0.15, -0.1) is 0 Å². The van der Waals surface area contributed by atoms with E-state index in [9.17, 15) is 4.79 Å². The molecule has 0 aliphatic carbocycles. The minimum absolute atomic E-state index is 0.247. The number of aromatic nitrogens is 2. The molecule has 134 valence electrons. The number of rotatable bonds is 5. The Morgan fingerprint density at radius 1 is 1.40 bits per heavy atom. The Bertz CT molecular complexity index is 773. The zero-order valence-electron chi connectivity index (χ0n) is 14.6. The molecule has 1 N–H and O–H groups in total. The molecule has 0 fully saturated rings. The van der Waals surface area contributed by atoms with Gasteiger partial charge in [0.2, 0.25) is 0 Å². The lowest BCUT2D eigenvalue weighted by atomic mass is 10.2. The predicted molar refractivity (Wildman–Crippen MR) is 95.5 cm³/mol. The van der Waals surface area contributed by atoms with Gasteiger partial charge >= 0.3 is 0 Å². The first-order valence-electron chi connectivity index (χ1n) is 8.35. The monoisotopic (exact) mass is 363 g/mol. The first-order chi connectivity index (χ1) is 12.0. The van der Waals surface area contributed by atoms with Gasteiger partial charge in [0.15, 0.2) is 11.5 Å². The third kappa shape index (κ3) is 3.90. The van der Waals surface area contributed by atoms with E-state index in [1.165, 1.54) is 0 Å². The minimum atomic E-state index is -0.250. The van der Waals surface area contributed by atoms with Crippen LogP contribution >= 0.6 is 11.6 Å². The molecule has 0 spiro atoms. The number of para-hydroxylation sites is 2. The van der Waals surface area contributed by atoms with E-state index in [1.807, 2.05) is 24.3 Å². The highest BCUT2D eigenvalue weighted by atomic mass is 35.5. The van der Waals surface area contributed by atoms with Crippen LogP contribution in [0.5, 0.6) is 11.5 Å². The number of halogens is 1. The SMILES string of the molecule is Cc1nn(CC(C)C)c(Cl)c1C(=O)NC[C@@H]1COc2ccccc2O1. The van der Waals surface area contributed by atoms with Crippen molar-refractivity contribution in [3.8, 4) is 11.5 Å². The van der Waals surface area contributed by atoms with Crippen LogP contribution in [0.3, 0.4) is 0 Å². The summed E-state index contributed by atoms with van der Waals surface area (Å²) in [5.41, 5.74) is 1.04. The fourth-order valence-corrected chi connectivity index (χ4v) is 3.07. The number of benzene rings is 1. The summed E-state index contributed by atoms with van der Waals surface area (Å²) < 4.78 is 13.2. The van der Waals surface area contributed by atoms with Crippen molar-refractivity contribution in [1.29, 1.82) is 0 Å². The van der Waals surface area contributed by atoms with E-state index in [2.05, 4.69) is 24.3 Å². The van der Waals surface area contributed by atoms with Crippen molar-refractivity contribution < 1.29 is 14.3 Å². The Balaban J connectivity index is 1.63. The number of ether oxygens (including phenoxy) is 2. The summed E-state index contributed by atoms with van der Waals surface area (Å²) in [6.07, 6.45) is -0.247. The molecule has 0 radical (unpaired) electrons. The molecule has 0 unspecified atom stereocenters. The van der Waals surface area contributed by atoms with E-state index in [0.717, 1.165) is 5.75 Å². The molecule has 0 saturated heterocycles. The fraction of sp³-hybridized carbons (Fsp3) is 0.444. The van der Waals surface area contributed by atoms with E-state index < -0.39 is 0 Å². The molecule has 2 heterocycles. The standard InChI is InChI=1S/C18H22ClN3O3/c1-11(2)9-22-17(19)16(12(3)21-22)18(23)20-8-13-10-24-14-6-4-5-7-15(14)25-13/h4-7,11,13H,8-10H2,1-3H3,(H,20,23)/t13-/m1/s1. The maximum Gasteiger partial charge on any atom is 0.256 e. The number of hydrogen-bond acceptors (Lipinski definition) is 4. The number of fused-ring (bicyclic) bond motifs is 1. The summed E-state index contributed by atoms with van der Waals surface area (Å²) in [5, 5.41) is 7.60. The van der Waals surface area contributed by atoms with E-state index in [1.54, 1.807) is 11.6 Å². The van der Waals surface area contributed by atoms with Crippen molar-refractivity contribution in [1.82, 2.24) is 15.1 Å². The van der Waals surface area contributed by atoms with Gasteiger partial charge in [-0.1, -0.05) is 37.6 Å². The summed E-state index contributed by atoms with van der Waals surface area (Å²) in [6.45, 7) is 7.32. The van der Waals surface area contributed by atoms with Crippen molar-refractivity contribution in [2.45, 2.75) is 33.4 Å². The molecule has 1 aromatic heterocycles. The second-order valence-electron chi connectivity index (χ2n) is 6.53. The smallest absolute Gasteiger partial charge is 0.256 e. The lowest BCUT2D eigenvalue weighted by molar-refractivity contribution is 0.0789. The highest BCUT2D eigenvalue weighted by molar-refractivity contribution is 6.33. The average Bonchev–Trinajstić information content (AvgIpc) is 2.85. The fourth-order valence-electron chi connectivity index (χ4n) is 2.74. The van der Waals surface area contributed by atoms with Crippen molar-refractivity contribution in [2.24, 2.45) is 5.92 Å². The summed E-state index contributed by atoms with van der Waals surface area (Å²) >= 11 is 6.34. The topological polar surface area (TPSA) is 65.4 Å². The molecule has 25 heavy (non-hydrogen) atoms. The van der Waals surface area contributed by atoms with Gasteiger partial charge in [0.25, 0.3) is 5.91 Å². The Hall–Kier alpha value is -2.21. The molecule has 0 saturated carbocycles. The summed E-state index contributed by atoms with van der Waals surface area (Å²) in [7, 11) is 0. The maximum atomic E-state index is 12.5. The molecule has 1 aliphatic heterocycles.